The molecule has 1 aliphatic rings. The second-order valence-corrected chi connectivity index (χ2v) is 3.67. The third kappa shape index (κ3) is 3.57. The summed E-state index contributed by atoms with van der Waals surface area (Å²) in [5.74, 6) is -2.35. The van der Waals surface area contributed by atoms with Crippen molar-refractivity contribution in [2.75, 3.05) is 13.7 Å². The van der Waals surface area contributed by atoms with Crippen LogP contribution in [0, 0.1) is 0 Å². The predicted molar refractivity (Wildman–Crippen MR) is 61.5 cm³/mol. The molecule has 1 unspecified atom stereocenters. The first-order valence-electron chi connectivity index (χ1n) is 5.47. The Morgan fingerprint density at radius 1 is 1.47 bits per heavy atom. The largest absolute Gasteiger partial charge is 0.466 e. The van der Waals surface area contributed by atoms with Gasteiger partial charge in [-0.1, -0.05) is 0 Å². The smallest absolute Gasteiger partial charge is 0.375 e. The maximum atomic E-state index is 11.6. The van der Waals surface area contributed by atoms with Crippen molar-refractivity contribution in [2.45, 2.75) is 19.4 Å². The standard InChI is InChI=1S/C12H14O7/c1-4-17-11(15)12(2)7-8(10(14)19-12)18-6-5-9(13)16-3/h5-7H,4H2,1-3H3/b6-5+. The molecule has 0 saturated heterocycles. The van der Waals surface area contributed by atoms with Gasteiger partial charge in [-0.3, -0.25) is 0 Å². The lowest BCUT2D eigenvalue weighted by Crippen LogP contribution is -2.36. The van der Waals surface area contributed by atoms with Crippen LogP contribution >= 0.6 is 0 Å². The minimum absolute atomic E-state index is 0.165. The Bertz CT molecular complexity index is 449. The van der Waals surface area contributed by atoms with E-state index in [0.717, 1.165) is 12.3 Å². The maximum absolute atomic E-state index is 11.6. The van der Waals surface area contributed by atoms with Crippen molar-refractivity contribution in [1.29, 1.82) is 0 Å². The minimum atomic E-state index is -1.51. The zero-order valence-corrected chi connectivity index (χ0v) is 10.8. The zero-order valence-electron chi connectivity index (χ0n) is 10.8. The molecule has 0 fully saturated rings. The Labute approximate surface area is 109 Å². The van der Waals surface area contributed by atoms with E-state index in [9.17, 15) is 14.4 Å². The average Bonchev–Trinajstić information content (AvgIpc) is 2.66. The molecule has 7 nitrogen and oxygen atoms in total. The molecule has 7 heteroatoms. The highest BCUT2D eigenvalue weighted by Crippen LogP contribution is 2.26. The Kier molecular flexibility index (Phi) is 4.68. The van der Waals surface area contributed by atoms with Gasteiger partial charge in [0, 0.05) is 6.08 Å². The molecule has 0 bridgehead atoms. The van der Waals surface area contributed by atoms with Crippen LogP contribution in [0.3, 0.4) is 0 Å². The molecule has 0 aromatic heterocycles. The number of hydrogen-bond donors (Lipinski definition) is 0. The first-order valence-corrected chi connectivity index (χ1v) is 5.47. The van der Waals surface area contributed by atoms with Crippen molar-refractivity contribution in [1.82, 2.24) is 0 Å². The van der Waals surface area contributed by atoms with E-state index in [-0.39, 0.29) is 12.4 Å². The third-order valence-corrected chi connectivity index (χ3v) is 2.19. The van der Waals surface area contributed by atoms with Gasteiger partial charge in [0.05, 0.1) is 26.1 Å². The van der Waals surface area contributed by atoms with Crippen LogP contribution in [0.1, 0.15) is 13.8 Å². The Morgan fingerprint density at radius 2 is 2.16 bits per heavy atom. The van der Waals surface area contributed by atoms with Crippen molar-refractivity contribution in [3.8, 4) is 0 Å². The van der Waals surface area contributed by atoms with Crippen molar-refractivity contribution in [3.63, 3.8) is 0 Å². The molecule has 1 heterocycles. The molecule has 0 aliphatic carbocycles. The summed E-state index contributed by atoms with van der Waals surface area (Å²) in [5.41, 5.74) is -1.51. The third-order valence-electron chi connectivity index (χ3n) is 2.19. The van der Waals surface area contributed by atoms with Gasteiger partial charge < -0.3 is 18.9 Å². The van der Waals surface area contributed by atoms with E-state index in [2.05, 4.69) is 4.74 Å². The van der Waals surface area contributed by atoms with Gasteiger partial charge in [0.15, 0.2) is 0 Å². The fourth-order valence-corrected chi connectivity index (χ4v) is 1.27. The van der Waals surface area contributed by atoms with Gasteiger partial charge in [0.2, 0.25) is 11.4 Å². The average molecular weight is 270 g/mol. The van der Waals surface area contributed by atoms with Crippen LogP contribution in [0.5, 0.6) is 0 Å². The van der Waals surface area contributed by atoms with Crippen LogP contribution in [0.2, 0.25) is 0 Å². The van der Waals surface area contributed by atoms with E-state index in [1.807, 2.05) is 0 Å². The van der Waals surface area contributed by atoms with Crippen molar-refractivity contribution >= 4 is 17.9 Å². The molecule has 19 heavy (non-hydrogen) atoms. The molecule has 0 N–H and O–H groups in total. The fraction of sp³-hybridized carbons (Fsp3) is 0.417. The van der Waals surface area contributed by atoms with Gasteiger partial charge in [-0.05, 0) is 13.8 Å². The summed E-state index contributed by atoms with van der Waals surface area (Å²) in [4.78, 5) is 33.9. The molecule has 0 amide bonds. The van der Waals surface area contributed by atoms with Crippen LogP contribution in [-0.2, 0) is 33.3 Å². The number of cyclic esters (lactones) is 1. The Morgan fingerprint density at radius 3 is 2.74 bits per heavy atom. The molecule has 0 saturated carbocycles. The quantitative estimate of drug-likeness (QED) is 0.310. The van der Waals surface area contributed by atoms with Gasteiger partial charge in [0.25, 0.3) is 0 Å². The lowest BCUT2D eigenvalue weighted by molar-refractivity contribution is -0.170. The van der Waals surface area contributed by atoms with E-state index >= 15 is 0 Å². The summed E-state index contributed by atoms with van der Waals surface area (Å²) in [5, 5.41) is 0. The SMILES string of the molecule is CCOC(=O)C1(C)C=C(O/C=C/C(=O)OC)C(=O)O1. The molecule has 1 atom stereocenters. The summed E-state index contributed by atoms with van der Waals surface area (Å²) in [6, 6.07) is 0. The highest BCUT2D eigenvalue weighted by molar-refractivity contribution is 5.96. The number of carbonyl (C=O) groups excluding carboxylic acids is 3. The molecular formula is C12H14O7. The molecule has 0 aromatic rings. The van der Waals surface area contributed by atoms with Gasteiger partial charge in [-0.2, -0.15) is 0 Å². The van der Waals surface area contributed by atoms with E-state index in [1.165, 1.54) is 20.1 Å². The van der Waals surface area contributed by atoms with Crippen molar-refractivity contribution in [2.24, 2.45) is 0 Å². The lowest BCUT2D eigenvalue weighted by atomic mass is 10.1. The first-order chi connectivity index (χ1) is 8.92. The number of ether oxygens (including phenoxy) is 4. The second-order valence-electron chi connectivity index (χ2n) is 3.67. The van der Waals surface area contributed by atoms with Crippen LogP contribution in [0.25, 0.3) is 0 Å². The van der Waals surface area contributed by atoms with Crippen LogP contribution in [0.15, 0.2) is 24.2 Å². The highest BCUT2D eigenvalue weighted by atomic mass is 16.6. The molecule has 1 rings (SSSR count). The van der Waals surface area contributed by atoms with E-state index < -0.39 is 23.5 Å². The topological polar surface area (TPSA) is 88.1 Å². The van der Waals surface area contributed by atoms with Crippen molar-refractivity contribution < 1.29 is 33.3 Å². The number of hydrogen-bond acceptors (Lipinski definition) is 7. The molecule has 0 radical (unpaired) electrons. The van der Waals surface area contributed by atoms with Gasteiger partial charge in [-0.15, -0.1) is 0 Å². The minimum Gasteiger partial charge on any atom is -0.466 e. The summed E-state index contributed by atoms with van der Waals surface area (Å²) in [7, 11) is 1.20. The van der Waals surface area contributed by atoms with Crippen LogP contribution in [0.4, 0.5) is 0 Å². The zero-order chi connectivity index (χ0) is 14.5. The normalized spacial score (nSPS) is 21.8. The first kappa shape index (κ1) is 14.7. The highest BCUT2D eigenvalue weighted by Gasteiger charge is 2.44. The van der Waals surface area contributed by atoms with Gasteiger partial charge in [-0.25, -0.2) is 14.4 Å². The molecule has 0 aromatic carbocycles. The monoisotopic (exact) mass is 270 g/mol. The Hall–Kier alpha value is -2.31. The van der Waals surface area contributed by atoms with Crippen LogP contribution < -0.4 is 0 Å². The second kappa shape index (κ2) is 6.03. The molecular weight excluding hydrogens is 256 g/mol. The summed E-state index contributed by atoms with van der Waals surface area (Å²) >= 11 is 0. The predicted octanol–water partition coefficient (Wildman–Crippen LogP) is 0.452. The molecule has 1 aliphatic heterocycles. The Balaban J connectivity index is 2.74. The molecule has 104 valence electrons. The van der Waals surface area contributed by atoms with E-state index in [0.29, 0.717) is 0 Å². The summed E-state index contributed by atoms with van der Waals surface area (Å²) in [6.07, 6.45) is 3.14. The number of carbonyl (C=O) groups is 3. The molecule has 0 spiro atoms. The maximum Gasteiger partial charge on any atom is 0.375 e. The number of esters is 3. The lowest BCUT2D eigenvalue weighted by Gasteiger charge is -2.17. The van der Waals surface area contributed by atoms with Gasteiger partial charge >= 0.3 is 17.9 Å². The van der Waals surface area contributed by atoms with E-state index in [1.54, 1.807) is 6.92 Å². The fourth-order valence-electron chi connectivity index (χ4n) is 1.27. The van der Waals surface area contributed by atoms with E-state index in [4.69, 9.17) is 14.2 Å². The van der Waals surface area contributed by atoms with Gasteiger partial charge in [0.1, 0.15) is 0 Å². The number of rotatable bonds is 5. The van der Waals surface area contributed by atoms with Crippen LogP contribution in [-0.4, -0.2) is 37.2 Å². The summed E-state index contributed by atoms with van der Waals surface area (Å²) in [6.45, 7) is 3.18. The van der Waals surface area contributed by atoms with Crippen molar-refractivity contribution in [3.05, 3.63) is 24.2 Å². The summed E-state index contributed by atoms with van der Waals surface area (Å²) < 4.78 is 18.9. The number of methoxy groups -OCH3 is 1.